The standard InChI is InChI=1S/C20H19OP/c1-2-16-13-14-20(19(16)15-21)22(17-9-5-3-6-10-17)18-11-7-4-8-12-18/h3-15,21H,2H2,1H3. The molecule has 0 saturated heterocycles. The van der Waals surface area contributed by atoms with Crippen molar-refractivity contribution >= 4 is 18.5 Å². The van der Waals surface area contributed by atoms with Gasteiger partial charge in [-0.2, -0.15) is 0 Å². The highest BCUT2D eigenvalue weighted by Crippen LogP contribution is 2.50. The Morgan fingerprint density at radius 2 is 1.41 bits per heavy atom. The quantitative estimate of drug-likeness (QED) is 0.636. The molecule has 0 fully saturated rings. The average molecular weight is 306 g/mol. The number of benzene rings is 2. The first-order chi connectivity index (χ1) is 10.8. The van der Waals surface area contributed by atoms with E-state index >= 15 is 0 Å². The summed E-state index contributed by atoms with van der Waals surface area (Å²) in [7, 11) is -0.649. The van der Waals surface area contributed by atoms with Crippen molar-refractivity contribution in [2.75, 3.05) is 0 Å². The zero-order chi connectivity index (χ0) is 15.4. The van der Waals surface area contributed by atoms with E-state index in [-0.39, 0.29) is 0 Å². The molecule has 0 bridgehead atoms. The van der Waals surface area contributed by atoms with E-state index in [9.17, 15) is 5.11 Å². The van der Waals surface area contributed by atoms with Crippen LogP contribution < -0.4 is 10.6 Å². The normalized spacial score (nSPS) is 16.0. The van der Waals surface area contributed by atoms with E-state index < -0.39 is 7.92 Å². The maximum Gasteiger partial charge on any atom is 0.0873 e. The van der Waals surface area contributed by atoms with Crippen molar-refractivity contribution in [1.82, 2.24) is 0 Å². The van der Waals surface area contributed by atoms with Crippen molar-refractivity contribution < 1.29 is 5.11 Å². The summed E-state index contributed by atoms with van der Waals surface area (Å²) in [4.78, 5) is 0. The van der Waals surface area contributed by atoms with E-state index in [1.54, 1.807) is 0 Å². The predicted octanol–water partition coefficient (Wildman–Crippen LogP) is 4.80. The van der Waals surface area contributed by atoms with E-state index in [1.807, 2.05) is 12.1 Å². The summed E-state index contributed by atoms with van der Waals surface area (Å²) < 4.78 is 0. The SMILES string of the molecule is CCC1=CC=C(P(c2ccccc2)c2ccccc2)C1=CO. The van der Waals surface area contributed by atoms with Gasteiger partial charge in [0.25, 0.3) is 0 Å². The van der Waals surface area contributed by atoms with Crippen LogP contribution in [0.5, 0.6) is 0 Å². The molecular formula is C20H19OP. The molecule has 1 aliphatic rings. The molecule has 0 radical (unpaired) electrons. The summed E-state index contributed by atoms with van der Waals surface area (Å²) in [6.45, 7) is 2.12. The van der Waals surface area contributed by atoms with Crippen LogP contribution in [0.15, 0.2) is 95.5 Å². The van der Waals surface area contributed by atoms with E-state index in [4.69, 9.17) is 0 Å². The summed E-state index contributed by atoms with van der Waals surface area (Å²) in [6, 6.07) is 21.1. The average Bonchev–Trinajstić information content (AvgIpc) is 3.00. The molecule has 2 aromatic rings. The van der Waals surface area contributed by atoms with Gasteiger partial charge in [-0.15, -0.1) is 0 Å². The van der Waals surface area contributed by atoms with Gasteiger partial charge >= 0.3 is 0 Å². The molecule has 0 unspecified atom stereocenters. The second-order valence-electron chi connectivity index (χ2n) is 5.15. The van der Waals surface area contributed by atoms with Crippen LogP contribution in [0.2, 0.25) is 0 Å². The van der Waals surface area contributed by atoms with Crippen LogP contribution in [0.25, 0.3) is 0 Å². The molecule has 3 rings (SSSR count). The van der Waals surface area contributed by atoms with Crippen molar-refractivity contribution in [2.24, 2.45) is 0 Å². The first-order valence-corrected chi connectivity index (χ1v) is 8.85. The van der Waals surface area contributed by atoms with Crippen molar-refractivity contribution in [3.63, 3.8) is 0 Å². The minimum Gasteiger partial charge on any atom is -0.515 e. The van der Waals surface area contributed by atoms with Gasteiger partial charge in [0.1, 0.15) is 0 Å². The van der Waals surface area contributed by atoms with Gasteiger partial charge in [0.15, 0.2) is 0 Å². The summed E-state index contributed by atoms with van der Waals surface area (Å²) in [6.07, 6.45) is 6.51. The van der Waals surface area contributed by atoms with Crippen LogP contribution in [0.1, 0.15) is 13.3 Å². The Bertz CT molecular complexity index is 687. The van der Waals surface area contributed by atoms with Crippen LogP contribution in [0, 0.1) is 0 Å². The van der Waals surface area contributed by atoms with E-state index in [2.05, 4.69) is 67.6 Å². The molecule has 0 heterocycles. The number of hydrogen-bond acceptors (Lipinski definition) is 1. The summed E-state index contributed by atoms with van der Waals surface area (Å²) >= 11 is 0. The van der Waals surface area contributed by atoms with Crippen LogP contribution in [0.3, 0.4) is 0 Å². The van der Waals surface area contributed by atoms with Crippen molar-refractivity contribution in [1.29, 1.82) is 0 Å². The molecule has 1 N–H and O–H groups in total. The molecule has 0 spiro atoms. The monoisotopic (exact) mass is 306 g/mol. The molecule has 0 atom stereocenters. The minimum absolute atomic E-state index is 0.649. The first kappa shape index (κ1) is 14.8. The van der Waals surface area contributed by atoms with Crippen LogP contribution in [0.4, 0.5) is 0 Å². The van der Waals surface area contributed by atoms with Crippen LogP contribution >= 0.6 is 7.92 Å². The summed E-state index contributed by atoms with van der Waals surface area (Å²) in [5.41, 5.74) is 2.19. The van der Waals surface area contributed by atoms with Gasteiger partial charge < -0.3 is 5.11 Å². The second-order valence-corrected chi connectivity index (χ2v) is 7.33. The van der Waals surface area contributed by atoms with Gasteiger partial charge in [-0.25, -0.2) is 0 Å². The molecule has 0 saturated carbocycles. The Morgan fingerprint density at radius 1 is 0.864 bits per heavy atom. The molecular weight excluding hydrogens is 287 g/mol. The number of aliphatic hydroxyl groups is 1. The summed E-state index contributed by atoms with van der Waals surface area (Å²) in [5.74, 6) is 0. The number of rotatable bonds is 4. The van der Waals surface area contributed by atoms with Crippen molar-refractivity contribution in [3.05, 3.63) is 95.5 Å². The molecule has 1 aliphatic carbocycles. The Labute approximate surface area is 133 Å². The van der Waals surface area contributed by atoms with Gasteiger partial charge in [0.2, 0.25) is 0 Å². The Hall–Kier alpha value is -2.11. The zero-order valence-electron chi connectivity index (χ0n) is 12.6. The largest absolute Gasteiger partial charge is 0.515 e. The lowest BCUT2D eigenvalue weighted by atomic mass is 10.1. The van der Waals surface area contributed by atoms with Gasteiger partial charge in [0.05, 0.1) is 6.26 Å². The van der Waals surface area contributed by atoms with Gasteiger partial charge in [-0.05, 0) is 35.8 Å². The highest BCUT2D eigenvalue weighted by Gasteiger charge is 2.25. The molecule has 2 aromatic carbocycles. The minimum atomic E-state index is -0.649. The number of allylic oxidation sites excluding steroid dienone is 5. The molecule has 1 nitrogen and oxygen atoms in total. The fourth-order valence-electron chi connectivity index (χ4n) is 2.76. The maximum absolute atomic E-state index is 9.75. The third-order valence-corrected chi connectivity index (χ3v) is 6.34. The maximum atomic E-state index is 9.75. The van der Waals surface area contributed by atoms with E-state index in [0.29, 0.717) is 0 Å². The number of hydrogen-bond donors (Lipinski definition) is 1. The van der Waals surface area contributed by atoms with Gasteiger partial charge in [-0.1, -0.05) is 79.7 Å². The summed E-state index contributed by atoms with van der Waals surface area (Å²) in [5, 5.41) is 13.6. The Morgan fingerprint density at radius 3 is 1.86 bits per heavy atom. The van der Waals surface area contributed by atoms with Crippen molar-refractivity contribution in [3.8, 4) is 0 Å². The lowest BCUT2D eigenvalue weighted by Gasteiger charge is -2.22. The first-order valence-electron chi connectivity index (χ1n) is 7.51. The van der Waals surface area contributed by atoms with E-state index in [0.717, 1.165) is 12.0 Å². The molecule has 0 aliphatic heterocycles. The topological polar surface area (TPSA) is 20.2 Å². The molecule has 110 valence electrons. The lowest BCUT2D eigenvalue weighted by molar-refractivity contribution is 0.469. The highest BCUT2D eigenvalue weighted by atomic mass is 31.1. The molecule has 2 heteroatoms. The second kappa shape index (κ2) is 6.77. The van der Waals surface area contributed by atoms with Crippen molar-refractivity contribution in [2.45, 2.75) is 13.3 Å². The Balaban J connectivity index is 2.09. The Kier molecular flexibility index (Phi) is 4.56. The third kappa shape index (κ3) is 2.77. The van der Waals surface area contributed by atoms with E-state index in [1.165, 1.54) is 27.8 Å². The zero-order valence-corrected chi connectivity index (χ0v) is 13.5. The van der Waals surface area contributed by atoms with Gasteiger partial charge in [0, 0.05) is 5.57 Å². The molecule has 22 heavy (non-hydrogen) atoms. The van der Waals surface area contributed by atoms with Crippen LogP contribution in [-0.2, 0) is 0 Å². The fraction of sp³-hybridized carbons (Fsp3) is 0.100. The highest BCUT2D eigenvalue weighted by molar-refractivity contribution is 7.77. The third-order valence-electron chi connectivity index (χ3n) is 3.84. The van der Waals surface area contributed by atoms with Crippen LogP contribution in [-0.4, -0.2) is 5.11 Å². The van der Waals surface area contributed by atoms with Gasteiger partial charge in [-0.3, -0.25) is 0 Å². The fourth-order valence-corrected chi connectivity index (χ4v) is 5.22. The predicted molar refractivity (Wildman–Crippen MR) is 96.2 cm³/mol. The smallest absolute Gasteiger partial charge is 0.0873 e. The molecule has 0 aromatic heterocycles. The molecule has 0 amide bonds. The number of aliphatic hydroxyl groups excluding tert-OH is 1. The lowest BCUT2D eigenvalue weighted by Crippen LogP contribution is -2.13.